The van der Waals surface area contributed by atoms with Gasteiger partial charge in [0.05, 0.1) is 28.4 Å². The van der Waals surface area contributed by atoms with E-state index in [9.17, 15) is 0 Å². The normalized spacial score (nSPS) is 12.2. The maximum atomic E-state index is 6.02. The molecule has 0 fully saturated rings. The summed E-state index contributed by atoms with van der Waals surface area (Å²) in [7, 11) is 6.45. The number of hydrogen-bond acceptors (Lipinski definition) is 5. The first-order valence-corrected chi connectivity index (χ1v) is 9.00. The summed E-state index contributed by atoms with van der Waals surface area (Å²) in [4.78, 5) is 4.45. The van der Waals surface area contributed by atoms with E-state index in [1.54, 1.807) is 28.4 Å². The Kier molecular flexibility index (Phi) is 7.80. The lowest BCUT2D eigenvalue weighted by molar-refractivity contribution is 0.354. The van der Waals surface area contributed by atoms with Gasteiger partial charge in [-0.2, -0.15) is 0 Å². The van der Waals surface area contributed by atoms with Crippen LogP contribution in [0.1, 0.15) is 12.5 Å². The molecule has 2 aromatic rings. The fourth-order valence-electron chi connectivity index (χ4n) is 2.83. The minimum absolute atomic E-state index is 0.309. The van der Waals surface area contributed by atoms with Crippen molar-refractivity contribution in [3.05, 3.63) is 42.0 Å². The number of rotatable bonds is 9. The third-order valence-electron chi connectivity index (χ3n) is 4.26. The van der Waals surface area contributed by atoms with Crippen molar-refractivity contribution in [2.75, 3.05) is 40.3 Å². The first-order valence-electron chi connectivity index (χ1n) is 9.00. The molecule has 0 saturated carbocycles. The standard InChI is InChI=1S/C21H29N3O4/c1-14(10-15-6-8-17(25-2)19(11-15)27-4)13-23-21(22)24-16-7-9-18(26-3)20(12-16)28-5/h6-9,11-12,14H,10,13H2,1-5H3,(H3,22,23,24). The van der Waals surface area contributed by atoms with Crippen molar-refractivity contribution >= 4 is 11.6 Å². The first-order chi connectivity index (χ1) is 13.5. The average molecular weight is 387 g/mol. The molecule has 0 aliphatic heterocycles. The van der Waals surface area contributed by atoms with Crippen molar-refractivity contribution in [3.63, 3.8) is 0 Å². The van der Waals surface area contributed by atoms with Crippen molar-refractivity contribution < 1.29 is 18.9 Å². The minimum atomic E-state index is 0.309. The van der Waals surface area contributed by atoms with Crippen LogP contribution in [0.25, 0.3) is 0 Å². The Bertz CT molecular complexity index is 808. The van der Waals surface area contributed by atoms with Gasteiger partial charge in [-0.15, -0.1) is 0 Å². The van der Waals surface area contributed by atoms with Crippen molar-refractivity contribution in [2.45, 2.75) is 13.3 Å². The van der Waals surface area contributed by atoms with Crippen molar-refractivity contribution in [3.8, 4) is 23.0 Å². The van der Waals surface area contributed by atoms with Gasteiger partial charge >= 0.3 is 0 Å². The number of nitrogens with one attached hydrogen (secondary N) is 1. The molecule has 0 aliphatic carbocycles. The van der Waals surface area contributed by atoms with Gasteiger partial charge in [-0.25, -0.2) is 0 Å². The Labute approximate surface area is 166 Å². The molecule has 3 N–H and O–H groups in total. The number of anilines is 1. The van der Waals surface area contributed by atoms with Crippen LogP contribution in [0.15, 0.2) is 41.4 Å². The molecular formula is C21H29N3O4. The fraction of sp³-hybridized carbons (Fsp3) is 0.381. The summed E-state index contributed by atoms with van der Waals surface area (Å²) in [5.41, 5.74) is 7.97. The third-order valence-corrected chi connectivity index (χ3v) is 4.26. The molecule has 0 aliphatic rings. The molecule has 0 amide bonds. The Balaban J connectivity index is 1.95. The highest BCUT2D eigenvalue weighted by molar-refractivity contribution is 5.92. The Morgan fingerprint density at radius 2 is 1.46 bits per heavy atom. The zero-order valence-corrected chi connectivity index (χ0v) is 17.1. The van der Waals surface area contributed by atoms with Crippen molar-refractivity contribution in [1.82, 2.24) is 0 Å². The molecule has 7 nitrogen and oxygen atoms in total. The summed E-state index contributed by atoms with van der Waals surface area (Å²) in [6.07, 6.45) is 0.855. The number of nitrogens with zero attached hydrogens (tertiary/aromatic N) is 1. The first kappa shape index (κ1) is 21.2. The molecular weight excluding hydrogens is 358 g/mol. The van der Waals surface area contributed by atoms with Gasteiger partial charge in [0.15, 0.2) is 29.0 Å². The van der Waals surface area contributed by atoms with E-state index >= 15 is 0 Å². The van der Waals surface area contributed by atoms with Gasteiger partial charge in [0.2, 0.25) is 0 Å². The van der Waals surface area contributed by atoms with E-state index in [0.717, 1.165) is 29.2 Å². The predicted molar refractivity (Wildman–Crippen MR) is 112 cm³/mol. The van der Waals surface area contributed by atoms with Crippen LogP contribution in [-0.2, 0) is 6.42 Å². The summed E-state index contributed by atoms with van der Waals surface area (Å²) in [5, 5.41) is 3.08. The van der Waals surface area contributed by atoms with Gasteiger partial charge in [0.1, 0.15) is 0 Å². The highest BCUT2D eigenvalue weighted by Crippen LogP contribution is 2.30. The predicted octanol–water partition coefficient (Wildman–Crippen LogP) is 3.33. The van der Waals surface area contributed by atoms with Gasteiger partial charge in [-0.1, -0.05) is 13.0 Å². The molecule has 1 unspecified atom stereocenters. The molecule has 2 aromatic carbocycles. The SMILES string of the molecule is COc1ccc(CC(C)CN=C(N)Nc2ccc(OC)c(OC)c2)cc1OC. The summed E-state index contributed by atoms with van der Waals surface area (Å²) >= 11 is 0. The topological polar surface area (TPSA) is 87.3 Å². The van der Waals surface area contributed by atoms with E-state index < -0.39 is 0 Å². The molecule has 0 aromatic heterocycles. The number of aliphatic imine (C=N–C) groups is 1. The number of ether oxygens (including phenoxy) is 4. The second kappa shape index (κ2) is 10.3. The number of hydrogen-bond donors (Lipinski definition) is 2. The molecule has 0 bridgehead atoms. The Morgan fingerprint density at radius 1 is 0.893 bits per heavy atom. The van der Waals surface area contributed by atoms with E-state index in [4.69, 9.17) is 24.7 Å². The van der Waals surface area contributed by atoms with Crippen LogP contribution in [0, 0.1) is 5.92 Å². The second-order valence-electron chi connectivity index (χ2n) is 6.42. The molecule has 0 saturated heterocycles. The van der Waals surface area contributed by atoms with Gasteiger partial charge in [-0.3, -0.25) is 4.99 Å². The third kappa shape index (κ3) is 5.70. The van der Waals surface area contributed by atoms with E-state index in [-0.39, 0.29) is 0 Å². The average Bonchev–Trinajstić information content (AvgIpc) is 2.72. The molecule has 152 valence electrons. The van der Waals surface area contributed by atoms with Crippen LogP contribution >= 0.6 is 0 Å². The van der Waals surface area contributed by atoms with Crippen molar-refractivity contribution in [2.24, 2.45) is 16.6 Å². The lowest BCUT2D eigenvalue weighted by atomic mass is 10.0. The number of benzene rings is 2. The summed E-state index contributed by atoms with van der Waals surface area (Å²) in [6.45, 7) is 2.73. The van der Waals surface area contributed by atoms with Gasteiger partial charge in [-0.05, 0) is 42.2 Å². The maximum absolute atomic E-state index is 6.02. The molecule has 2 rings (SSSR count). The van der Waals surface area contributed by atoms with E-state index in [0.29, 0.717) is 29.9 Å². The zero-order valence-electron chi connectivity index (χ0n) is 17.1. The summed E-state index contributed by atoms with van der Waals surface area (Å²) in [6, 6.07) is 11.4. The number of methoxy groups -OCH3 is 4. The summed E-state index contributed by atoms with van der Waals surface area (Å²) < 4.78 is 21.2. The largest absolute Gasteiger partial charge is 0.493 e. The lowest BCUT2D eigenvalue weighted by Crippen LogP contribution is -2.23. The highest BCUT2D eigenvalue weighted by Gasteiger charge is 2.09. The van der Waals surface area contributed by atoms with Gasteiger partial charge < -0.3 is 30.0 Å². The van der Waals surface area contributed by atoms with E-state index in [1.165, 1.54) is 0 Å². The van der Waals surface area contributed by atoms with E-state index in [2.05, 4.69) is 17.2 Å². The monoisotopic (exact) mass is 387 g/mol. The Morgan fingerprint density at radius 3 is 2.07 bits per heavy atom. The molecule has 1 atom stereocenters. The number of guanidine groups is 1. The van der Waals surface area contributed by atoms with Crippen LogP contribution in [0.3, 0.4) is 0 Å². The minimum Gasteiger partial charge on any atom is -0.493 e. The van der Waals surface area contributed by atoms with Gasteiger partial charge in [0.25, 0.3) is 0 Å². The maximum Gasteiger partial charge on any atom is 0.193 e. The van der Waals surface area contributed by atoms with Gasteiger partial charge in [0, 0.05) is 18.3 Å². The van der Waals surface area contributed by atoms with Crippen LogP contribution in [0.4, 0.5) is 5.69 Å². The quantitative estimate of drug-likeness (QED) is 0.507. The fourth-order valence-corrected chi connectivity index (χ4v) is 2.83. The molecule has 7 heteroatoms. The molecule has 0 spiro atoms. The molecule has 0 radical (unpaired) electrons. The van der Waals surface area contributed by atoms with Crippen LogP contribution < -0.4 is 30.0 Å². The Hall–Kier alpha value is -3.09. The summed E-state index contributed by atoms with van der Waals surface area (Å²) in [5.74, 6) is 3.40. The number of nitrogens with two attached hydrogens (primary N) is 1. The highest BCUT2D eigenvalue weighted by atomic mass is 16.5. The second-order valence-corrected chi connectivity index (χ2v) is 6.42. The van der Waals surface area contributed by atoms with Crippen LogP contribution in [0.2, 0.25) is 0 Å². The molecule has 28 heavy (non-hydrogen) atoms. The van der Waals surface area contributed by atoms with Crippen LogP contribution in [-0.4, -0.2) is 40.9 Å². The lowest BCUT2D eigenvalue weighted by Gasteiger charge is -2.13. The smallest absolute Gasteiger partial charge is 0.193 e. The molecule has 0 heterocycles. The van der Waals surface area contributed by atoms with Crippen LogP contribution in [0.5, 0.6) is 23.0 Å². The zero-order chi connectivity index (χ0) is 20.5. The van der Waals surface area contributed by atoms with Crippen molar-refractivity contribution in [1.29, 1.82) is 0 Å². The van der Waals surface area contributed by atoms with E-state index in [1.807, 2.05) is 36.4 Å².